The molecule has 27 heavy (non-hydrogen) atoms. The molecule has 0 aliphatic carbocycles. The first-order chi connectivity index (χ1) is 13.3. The minimum atomic E-state index is 0.195. The lowest BCUT2D eigenvalue weighted by Crippen LogP contribution is -2.39. The molecule has 0 bridgehead atoms. The van der Waals surface area contributed by atoms with Crippen molar-refractivity contribution in [1.29, 1.82) is 0 Å². The number of benzene rings is 1. The number of carbonyl (C=O) groups is 1. The number of carbonyl (C=O) groups excluding carboxylic acids is 1. The summed E-state index contributed by atoms with van der Waals surface area (Å²) in [7, 11) is 0. The highest BCUT2D eigenvalue weighted by atomic mass is 16.2. The van der Waals surface area contributed by atoms with E-state index < -0.39 is 0 Å². The molecule has 2 heterocycles. The first kappa shape index (κ1) is 19.0. The van der Waals surface area contributed by atoms with Gasteiger partial charge in [0.05, 0.1) is 0 Å². The van der Waals surface area contributed by atoms with E-state index in [0.717, 1.165) is 50.7 Å². The van der Waals surface area contributed by atoms with Crippen molar-refractivity contribution in [3.63, 3.8) is 0 Å². The Morgan fingerprint density at radius 1 is 1.15 bits per heavy atom. The van der Waals surface area contributed by atoms with Crippen LogP contribution >= 0.6 is 0 Å². The molecule has 0 atom stereocenters. The van der Waals surface area contributed by atoms with E-state index in [1.54, 1.807) is 0 Å². The van der Waals surface area contributed by atoms with Gasteiger partial charge in [-0.2, -0.15) is 0 Å². The molecule has 0 saturated carbocycles. The molecule has 1 aliphatic rings. The molecular weight excluding hydrogens is 338 g/mol. The van der Waals surface area contributed by atoms with Crippen LogP contribution in [0.3, 0.4) is 0 Å². The van der Waals surface area contributed by atoms with Crippen LogP contribution in [0.15, 0.2) is 53.8 Å². The quantitative estimate of drug-likeness (QED) is 0.428. The lowest BCUT2D eigenvalue weighted by molar-refractivity contribution is -0.118. The number of nitrogens with one attached hydrogen (secondary N) is 2. The summed E-state index contributed by atoms with van der Waals surface area (Å²) >= 11 is 0. The molecule has 2 N–H and O–H groups in total. The maximum absolute atomic E-state index is 12.5. The van der Waals surface area contributed by atoms with E-state index in [2.05, 4.69) is 33.2 Å². The highest BCUT2D eigenvalue weighted by Gasteiger charge is 2.23. The van der Waals surface area contributed by atoms with Crippen molar-refractivity contribution in [2.75, 3.05) is 31.1 Å². The maximum Gasteiger partial charge on any atom is 0.227 e. The van der Waals surface area contributed by atoms with E-state index in [0.29, 0.717) is 13.0 Å². The fraction of sp³-hybridized carbons (Fsp3) is 0.429. The lowest BCUT2D eigenvalue weighted by Gasteiger charge is -2.17. The van der Waals surface area contributed by atoms with Crippen LogP contribution in [0.2, 0.25) is 0 Å². The summed E-state index contributed by atoms with van der Waals surface area (Å²) in [6.07, 6.45) is 6.34. The van der Waals surface area contributed by atoms with Crippen molar-refractivity contribution in [1.82, 2.24) is 15.2 Å². The van der Waals surface area contributed by atoms with Gasteiger partial charge in [0.25, 0.3) is 0 Å². The number of para-hydroxylation sites is 1. The third kappa shape index (κ3) is 5.36. The summed E-state index contributed by atoms with van der Waals surface area (Å²) in [4.78, 5) is 19.0. The van der Waals surface area contributed by atoms with E-state index in [-0.39, 0.29) is 5.91 Å². The number of nitrogens with zero attached hydrogens (tertiary/aromatic N) is 3. The topological polar surface area (TPSA) is 61.7 Å². The van der Waals surface area contributed by atoms with Crippen molar-refractivity contribution in [2.24, 2.45) is 4.99 Å². The van der Waals surface area contributed by atoms with E-state index in [4.69, 9.17) is 0 Å². The Balaban J connectivity index is 1.41. The van der Waals surface area contributed by atoms with Crippen molar-refractivity contribution in [2.45, 2.75) is 32.7 Å². The number of rotatable bonds is 8. The molecule has 0 radical (unpaired) electrons. The highest BCUT2D eigenvalue weighted by Crippen LogP contribution is 2.27. The van der Waals surface area contributed by atoms with Gasteiger partial charge in [0.1, 0.15) is 0 Å². The van der Waals surface area contributed by atoms with Gasteiger partial charge < -0.3 is 20.1 Å². The van der Waals surface area contributed by atoms with E-state index in [9.17, 15) is 4.79 Å². The van der Waals surface area contributed by atoms with Gasteiger partial charge in [-0.25, -0.2) is 0 Å². The van der Waals surface area contributed by atoms with Crippen LogP contribution in [0.5, 0.6) is 0 Å². The van der Waals surface area contributed by atoms with Crippen molar-refractivity contribution < 1.29 is 4.79 Å². The summed E-state index contributed by atoms with van der Waals surface area (Å²) in [5.74, 6) is 1.00. The van der Waals surface area contributed by atoms with E-state index in [1.807, 2.05) is 47.6 Å². The predicted molar refractivity (Wildman–Crippen MR) is 110 cm³/mol. The second-order valence-electron chi connectivity index (χ2n) is 6.64. The maximum atomic E-state index is 12.5. The summed E-state index contributed by atoms with van der Waals surface area (Å²) < 4.78 is 2.13. The number of fused-ring (bicyclic) bond motifs is 1. The molecule has 0 unspecified atom stereocenters. The third-order valence-electron chi connectivity index (χ3n) is 4.68. The van der Waals surface area contributed by atoms with Crippen molar-refractivity contribution >= 4 is 17.6 Å². The van der Waals surface area contributed by atoms with Gasteiger partial charge in [0, 0.05) is 57.2 Å². The van der Waals surface area contributed by atoms with Crippen LogP contribution in [0.4, 0.5) is 5.69 Å². The Morgan fingerprint density at radius 3 is 2.78 bits per heavy atom. The van der Waals surface area contributed by atoms with Crippen molar-refractivity contribution in [3.05, 3.63) is 54.4 Å². The van der Waals surface area contributed by atoms with Crippen LogP contribution in [0, 0.1) is 0 Å². The normalized spacial score (nSPS) is 13.5. The molecule has 1 amide bonds. The number of guanidine groups is 1. The average Bonchev–Trinajstić information content (AvgIpc) is 3.34. The van der Waals surface area contributed by atoms with Gasteiger partial charge in [-0.05, 0) is 43.5 Å². The molecule has 1 aliphatic heterocycles. The second-order valence-corrected chi connectivity index (χ2v) is 6.64. The van der Waals surface area contributed by atoms with Crippen LogP contribution < -0.4 is 15.5 Å². The number of anilines is 1. The van der Waals surface area contributed by atoms with Gasteiger partial charge in [0.15, 0.2) is 5.96 Å². The van der Waals surface area contributed by atoms with Gasteiger partial charge in [-0.15, -0.1) is 0 Å². The summed E-state index contributed by atoms with van der Waals surface area (Å²) in [5.41, 5.74) is 2.34. The molecule has 1 aromatic heterocycles. The molecule has 2 aromatic rings. The summed E-state index contributed by atoms with van der Waals surface area (Å²) in [5, 5.41) is 6.59. The molecule has 0 spiro atoms. The molecule has 0 saturated heterocycles. The van der Waals surface area contributed by atoms with Gasteiger partial charge in [0.2, 0.25) is 5.91 Å². The van der Waals surface area contributed by atoms with Gasteiger partial charge in [-0.3, -0.25) is 9.79 Å². The largest absolute Gasteiger partial charge is 0.357 e. The molecular formula is C21H29N5O. The molecule has 1 aromatic carbocycles. The van der Waals surface area contributed by atoms with Gasteiger partial charge in [-0.1, -0.05) is 18.2 Å². The zero-order valence-corrected chi connectivity index (χ0v) is 16.0. The Kier molecular flexibility index (Phi) is 6.90. The van der Waals surface area contributed by atoms with Crippen LogP contribution in [0.25, 0.3) is 0 Å². The zero-order valence-electron chi connectivity index (χ0n) is 16.0. The minimum absolute atomic E-state index is 0.195. The van der Waals surface area contributed by atoms with Crippen LogP contribution in [-0.4, -0.2) is 42.6 Å². The third-order valence-corrected chi connectivity index (χ3v) is 4.68. The Labute approximate surface area is 161 Å². The molecule has 0 fully saturated rings. The Bertz CT molecular complexity index is 754. The lowest BCUT2D eigenvalue weighted by atomic mass is 10.2. The summed E-state index contributed by atoms with van der Waals surface area (Å²) in [6.45, 7) is 6.01. The van der Waals surface area contributed by atoms with E-state index in [1.165, 1.54) is 5.56 Å². The number of amides is 1. The fourth-order valence-electron chi connectivity index (χ4n) is 3.32. The molecule has 6 heteroatoms. The smallest absolute Gasteiger partial charge is 0.227 e. The molecule has 3 rings (SSSR count). The zero-order chi connectivity index (χ0) is 18.9. The second kappa shape index (κ2) is 9.80. The summed E-state index contributed by atoms with van der Waals surface area (Å²) in [6, 6.07) is 12.2. The highest BCUT2D eigenvalue weighted by molar-refractivity contribution is 5.95. The number of aromatic nitrogens is 1. The molecule has 6 nitrogen and oxygen atoms in total. The first-order valence-electron chi connectivity index (χ1n) is 9.79. The number of aliphatic imine (C=N–C) groups is 1. The SMILES string of the molecule is CCNC(=NCCCC(=O)N1CCc2ccccc21)NCCn1cccc1. The average molecular weight is 367 g/mol. The van der Waals surface area contributed by atoms with E-state index >= 15 is 0 Å². The van der Waals surface area contributed by atoms with Gasteiger partial charge >= 0.3 is 0 Å². The molecule has 144 valence electrons. The minimum Gasteiger partial charge on any atom is -0.357 e. The number of hydrogen-bond acceptors (Lipinski definition) is 2. The van der Waals surface area contributed by atoms with Crippen LogP contribution in [-0.2, 0) is 17.8 Å². The monoisotopic (exact) mass is 367 g/mol. The Morgan fingerprint density at radius 2 is 1.96 bits per heavy atom. The number of hydrogen-bond donors (Lipinski definition) is 2. The predicted octanol–water partition coefficient (Wildman–Crippen LogP) is 2.41. The Hall–Kier alpha value is -2.76. The standard InChI is InChI=1S/C21H29N5O/c1-2-22-21(24-13-17-25-14-5-6-15-25)23-12-7-10-20(27)26-16-11-18-8-3-4-9-19(18)26/h3-6,8-9,14-15H,2,7,10-13,16-17H2,1H3,(H2,22,23,24). The fourth-order valence-corrected chi connectivity index (χ4v) is 3.32. The first-order valence-corrected chi connectivity index (χ1v) is 9.79. The van der Waals surface area contributed by atoms with Crippen molar-refractivity contribution in [3.8, 4) is 0 Å². The van der Waals surface area contributed by atoms with Crippen LogP contribution in [0.1, 0.15) is 25.3 Å².